The van der Waals surface area contributed by atoms with Crippen LogP contribution in [0.2, 0.25) is 0 Å². The fraction of sp³-hybridized carbons (Fsp3) is 0.538. The number of fused-ring (bicyclic) bond motifs is 1. The zero-order chi connectivity index (χ0) is 26.9. The van der Waals surface area contributed by atoms with E-state index in [1.54, 1.807) is 11.8 Å². The first-order valence-corrected chi connectivity index (χ1v) is 13.3. The molecule has 10 nitrogen and oxygen atoms in total. The number of aliphatic hydroxyl groups excluding tert-OH is 1. The van der Waals surface area contributed by atoms with Crippen molar-refractivity contribution in [1.29, 1.82) is 0 Å². The second-order valence-corrected chi connectivity index (χ2v) is 11.1. The summed E-state index contributed by atoms with van der Waals surface area (Å²) < 4.78 is 14.7. The van der Waals surface area contributed by atoms with E-state index in [1.165, 1.54) is 28.8 Å². The molecule has 38 heavy (non-hydrogen) atoms. The summed E-state index contributed by atoms with van der Waals surface area (Å²) in [6, 6.07) is -0.411. The highest BCUT2D eigenvalue weighted by atomic mass is 127. The number of halogens is 1. The molecule has 0 spiro atoms. The molecule has 208 valence electrons. The quantitative estimate of drug-likeness (QED) is 0.109. The summed E-state index contributed by atoms with van der Waals surface area (Å²) in [6.45, 7) is 12.0. The number of hydrogen-bond acceptors (Lipinski definition) is 7. The first-order valence-electron chi connectivity index (χ1n) is 12.4. The molecule has 2 amide bonds. The van der Waals surface area contributed by atoms with Gasteiger partial charge in [-0.2, -0.15) is 0 Å². The maximum Gasteiger partial charge on any atom is 0.410 e. The van der Waals surface area contributed by atoms with Gasteiger partial charge in [-0.1, -0.05) is 32.2 Å². The van der Waals surface area contributed by atoms with Gasteiger partial charge in [0.25, 0.3) is 0 Å². The maximum absolute atomic E-state index is 13.0. The van der Waals surface area contributed by atoms with Gasteiger partial charge in [-0.25, -0.2) is 18.7 Å². The number of amides is 2. The number of carbonyl (C=O) groups is 3. The Balaban J connectivity index is 0.00000400. The topological polar surface area (TPSA) is 105 Å². The smallest absolute Gasteiger partial charge is 0.410 e. The second kappa shape index (κ2) is 12.7. The van der Waals surface area contributed by atoms with Gasteiger partial charge >= 0.3 is 12.1 Å². The zero-order valence-electron chi connectivity index (χ0n) is 21.9. The van der Waals surface area contributed by atoms with Crippen molar-refractivity contribution in [2.75, 3.05) is 19.8 Å². The van der Waals surface area contributed by atoms with Crippen LogP contribution in [-0.4, -0.2) is 80.6 Å². The minimum atomic E-state index is -0.820. The molecule has 0 radical (unpaired) electrons. The van der Waals surface area contributed by atoms with Crippen LogP contribution in [0.1, 0.15) is 20.3 Å². The monoisotopic (exact) mass is 658 g/mol. The third-order valence-corrected chi connectivity index (χ3v) is 8.60. The normalized spacial score (nSPS) is 26.8. The number of β-lactam (4-membered cyclic amide) rings is 1. The molecule has 2 fully saturated rings. The van der Waals surface area contributed by atoms with E-state index in [9.17, 15) is 19.5 Å². The number of hydrogen-bond donors (Lipinski definition) is 1. The number of likely N-dealkylation sites (tertiary alicyclic amines) is 1. The fourth-order valence-electron chi connectivity index (χ4n) is 5.47. The van der Waals surface area contributed by atoms with E-state index < -0.39 is 24.1 Å². The van der Waals surface area contributed by atoms with Crippen LogP contribution in [0, 0.1) is 11.8 Å². The predicted molar refractivity (Wildman–Crippen MR) is 137 cm³/mol. The highest BCUT2D eigenvalue weighted by molar-refractivity contribution is 8.03. The Hall–Kier alpha value is -2.32. The van der Waals surface area contributed by atoms with E-state index in [2.05, 4.69) is 13.2 Å². The van der Waals surface area contributed by atoms with Gasteiger partial charge in [0.2, 0.25) is 12.2 Å². The maximum atomic E-state index is 13.0. The third kappa shape index (κ3) is 5.81. The van der Waals surface area contributed by atoms with Crippen LogP contribution >= 0.6 is 11.8 Å². The zero-order valence-corrected chi connectivity index (χ0v) is 24.8. The average Bonchev–Trinajstić information content (AvgIpc) is 3.51. The molecule has 0 unspecified atom stereocenters. The van der Waals surface area contributed by atoms with Crippen molar-refractivity contribution in [3.63, 3.8) is 0 Å². The van der Waals surface area contributed by atoms with Gasteiger partial charge < -0.3 is 48.4 Å². The lowest BCUT2D eigenvalue weighted by Crippen LogP contribution is -3.00. The number of aryl methyl sites for hydroxylation is 1. The highest BCUT2D eigenvalue weighted by Gasteiger charge is 2.60. The minimum Gasteiger partial charge on any atom is -1.00 e. The molecule has 1 aromatic rings. The van der Waals surface area contributed by atoms with E-state index in [0.29, 0.717) is 19.5 Å². The van der Waals surface area contributed by atoms with Crippen molar-refractivity contribution in [3.8, 4) is 0 Å². The first kappa shape index (κ1) is 30.2. The lowest BCUT2D eigenvalue weighted by atomic mass is 9.79. The van der Waals surface area contributed by atoms with E-state index in [-0.39, 0.29) is 72.0 Å². The summed E-state index contributed by atoms with van der Waals surface area (Å²) in [4.78, 5) is 42.8. The molecule has 0 aliphatic carbocycles. The third-order valence-electron chi connectivity index (χ3n) is 7.11. The Bertz CT molecular complexity index is 1120. The Morgan fingerprint density at radius 3 is 2.58 bits per heavy atom. The van der Waals surface area contributed by atoms with Gasteiger partial charge in [0.1, 0.15) is 37.8 Å². The number of aromatic nitrogens is 2. The number of imidazole rings is 1. The molecule has 1 N–H and O–H groups in total. The molecule has 6 atom stereocenters. The minimum absolute atomic E-state index is 0. The van der Waals surface area contributed by atoms with E-state index >= 15 is 0 Å². The van der Waals surface area contributed by atoms with Crippen molar-refractivity contribution in [1.82, 2.24) is 14.4 Å². The number of carbonyl (C=O) groups excluding carboxylic acids is 3. The fourth-order valence-corrected chi connectivity index (χ4v) is 7.03. The van der Waals surface area contributed by atoms with Crippen LogP contribution in [0.4, 0.5) is 4.79 Å². The summed E-state index contributed by atoms with van der Waals surface area (Å²) in [5, 5.41) is 10.2. The molecule has 4 rings (SSSR count). The van der Waals surface area contributed by atoms with Gasteiger partial charge in [-0.05, 0) is 13.3 Å². The van der Waals surface area contributed by atoms with Gasteiger partial charge in [-0.3, -0.25) is 4.79 Å². The lowest BCUT2D eigenvalue weighted by molar-refractivity contribution is -0.671. The largest absolute Gasteiger partial charge is 1.00 e. The molecule has 0 saturated carbocycles. The number of rotatable bonds is 10. The SMILES string of the molecule is C=CCOC(=O)C1=C(S[C@H]2C[C@@H](Cn3cc[n+](C)c3)N(C(=O)OCC=C)C2)[C@H](C)[C@@H]2[C@@H]([C@@H](C)O)C(=O)N12.[I-]. The van der Waals surface area contributed by atoms with E-state index in [1.807, 2.05) is 41.8 Å². The van der Waals surface area contributed by atoms with Crippen LogP contribution in [0.15, 0.2) is 54.6 Å². The molecule has 12 heteroatoms. The summed E-state index contributed by atoms with van der Waals surface area (Å²) >= 11 is 1.51. The van der Waals surface area contributed by atoms with Crippen LogP contribution < -0.4 is 28.5 Å². The molecule has 0 aromatic carbocycles. The summed E-state index contributed by atoms with van der Waals surface area (Å²) in [5.41, 5.74) is 0.243. The van der Waals surface area contributed by atoms with Crippen molar-refractivity contribution in [2.45, 2.75) is 50.3 Å². The van der Waals surface area contributed by atoms with Gasteiger partial charge in [-0.15, -0.1) is 11.8 Å². The molecule has 3 aliphatic heterocycles. The van der Waals surface area contributed by atoms with Crippen molar-refractivity contribution in [3.05, 3.63) is 54.6 Å². The van der Waals surface area contributed by atoms with Gasteiger partial charge in [0.15, 0.2) is 0 Å². The number of thioether (sulfide) groups is 1. The van der Waals surface area contributed by atoms with Crippen LogP contribution in [-0.2, 0) is 32.7 Å². The standard InChI is InChI=1S/C26H35N4O6S.HI/c1-6-10-35-25(33)22-23(16(3)21-20(17(4)31)24(32)30(21)22)37-19-12-18(13-28-9-8-27(5)15-28)29(14-19)26(34)36-11-7-2;/h6-9,15-21,31H,1-2,10-14H2,3-5H3;1H/q+1;/p-1/t16-,17-,18+,19+,20-,21-;/m1./s1. The number of aliphatic hydroxyl groups is 1. The van der Waals surface area contributed by atoms with Crippen LogP contribution in [0.5, 0.6) is 0 Å². The molecule has 4 heterocycles. The molecular formula is C26H35IN4O6S. The van der Waals surface area contributed by atoms with Crippen molar-refractivity contribution < 1.29 is 57.5 Å². The summed E-state index contributed by atoms with van der Waals surface area (Å²) in [6.07, 6.45) is 8.32. The Morgan fingerprint density at radius 2 is 1.97 bits per heavy atom. The number of esters is 1. The Morgan fingerprint density at radius 1 is 1.29 bits per heavy atom. The summed E-state index contributed by atoms with van der Waals surface area (Å²) in [5.74, 6) is -1.57. The lowest BCUT2D eigenvalue weighted by Gasteiger charge is -2.46. The van der Waals surface area contributed by atoms with Crippen LogP contribution in [0.3, 0.4) is 0 Å². The Kier molecular flexibility index (Phi) is 10.1. The molecule has 3 aliphatic rings. The van der Waals surface area contributed by atoms with Crippen LogP contribution in [0.25, 0.3) is 0 Å². The second-order valence-electron chi connectivity index (χ2n) is 9.78. The molecule has 1 aromatic heterocycles. The molecular weight excluding hydrogens is 623 g/mol. The average molecular weight is 659 g/mol. The molecule has 0 bridgehead atoms. The van der Waals surface area contributed by atoms with Gasteiger partial charge in [0.05, 0.1) is 31.2 Å². The predicted octanol–water partition coefficient (Wildman–Crippen LogP) is -1.39. The van der Waals surface area contributed by atoms with E-state index in [4.69, 9.17) is 9.47 Å². The van der Waals surface area contributed by atoms with E-state index in [0.717, 1.165) is 4.91 Å². The number of ether oxygens (including phenoxy) is 2. The summed E-state index contributed by atoms with van der Waals surface area (Å²) in [7, 11) is 1.94. The van der Waals surface area contributed by atoms with Crippen molar-refractivity contribution >= 4 is 29.7 Å². The molecule has 2 saturated heterocycles. The number of nitrogens with zero attached hydrogens (tertiary/aromatic N) is 4. The van der Waals surface area contributed by atoms with Gasteiger partial charge in [0, 0.05) is 22.6 Å². The van der Waals surface area contributed by atoms with Crippen molar-refractivity contribution in [2.24, 2.45) is 18.9 Å². The first-order chi connectivity index (χ1) is 17.7. The highest BCUT2D eigenvalue weighted by Crippen LogP contribution is 2.52. The Labute approximate surface area is 244 Å².